The molecule has 19 heavy (non-hydrogen) atoms. The van der Waals surface area contributed by atoms with Crippen LogP contribution in [0.4, 0.5) is 0 Å². The van der Waals surface area contributed by atoms with E-state index in [4.69, 9.17) is 15.0 Å². The van der Waals surface area contributed by atoms with Crippen molar-refractivity contribution in [2.75, 3.05) is 0 Å². The quantitative estimate of drug-likeness (QED) is 0.798. The highest BCUT2D eigenvalue weighted by Crippen LogP contribution is 2.64. The Labute approximate surface area is 117 Å². The van der Waals surface area contributed by atoms with Crippen molar-refractivity contribution >= 4 is 7.12 Å². The van der Waals surface area contributed by atoms with Gasteiger partial charge < -0.3 is 15.0 Å². The first-order chi connectivity index (χ1) is 8.74. The fourth-order valence-corrected chi connectivity index (χ4v) is 4.58. The molecule has 2 bridgehead atoms. The van der Waals surface area contributed by atoms with Crippen LogP contribution in [-0.4, -0.2) is 24.8 Å². The lowest BCUT2D eigenvalue weighted by Crippen LogP contribution is -2.63. The zero-order valence-electron chi connectivity index (χ0n) is 13.0. The zero-order valence-corrected chi connectivity index (χ0v) is 13.0. The normalized spacial score (nSPS) is 45.0. The predicted molar refractivity (Wildman–Crippen MR) is 77.5 cm³/mol. The Balaban J connectivity index is 1.73. The van der Waals surface area contributed by atoms with Crippen LogP contribution >= 0.6 is 0 Å². The van der Waals surface area contributed by atoms with E-state index in [1.54, 1.807) is 0 Å². The second-order valence-electron chi connectivity index (χ2n) is 8.21. The third kappa shape index (κ3) is 1.98. The molecule has 0 spiro atoms. The molecular weight excluding hydrogens is 237 g/mol. The van der Waals surface area contributed by atoms with Gasteiger partial charge in [0, 0.05) is 5.94 Å². The van der Waals surface area contributed by atoms with E-state index < -0.39 is 0 Å². The summed E-state index contributed by atoms with van der Waals surface area (Å²) in [7, 11) is -0.201. The standard InChI is InChI=1S/C15H28BNO2/c1-9(2)6-12(17)16-18-13-11-7-10(14(11,3)4)8-15(13,5)19-16/h9-13H,6-8,17H2,1-5H3/t10-,11-,12-,13+,15-/m0/s1. The van der Waals surface area contributed by atoms with Crippen molar-refractivity contribution in [1.29, 1.82) is 0 Å². The van der Waals surface area contributed by atoms with Crippen LogP contribution in [0.3, 0.4) is 0 Å². The molecule has 4 rings (SSSR count). The summed E-state index contributed by atoms with van der Waals surface area (Å²) in [4.78, 5) is 0. The Morgan fingerprint density at radius 3 is 2.58 bits per heavy atom. The maximum atomic E-state index is 6.27. The topological polar surface area (TPSA) is 44.5 Å². The minimum atomic E-state index is -0.201. The molecule has 4 fully saturated rings. The molecule has 4 heteroatoms. The van der Waals surface area contributed by atoms with E-state index in [0.717, 1.165) is 18.8 Å². The summed E-state index contributed by atoms with van der Waals surface area (Å²) < 4.78 is 12.5. The summed E-state index contributed by atoms with van der Waals surface area (Å²) in [5.41, 5.74) is 6.60. The first kappa shape index (κ1) is 13.9. The van der Waals surface area contributed by atoms with E-state index in [1.807, 2.05) is 0 Å². The molecule has 1 saturated heterocycles. The van der Waals surface area contributed by atoms with Gasteiger partial charge in [0.05, 0.1) is 11.7 Å². The molecule has 0 aromatic carbocycles. The summed E-state index contributed by atoms with van der Waals surface area (Å²) in [6.07, 6.45) is 3.65. The van der Waals surface area contributed by atoms with Crippen LogP contribution < -0.4 is 5.73 Å². The van der Waals surface area contributed by atoms with Gasteiger partial charge in [-0.2, -0.15) is 0 Å². The molecule has 1 aliphatic heterocycles. The maximum Gasteiger partial charge on any atom is 0.475 e. The first-order valence-electron chi connectivity index (χ1n) is 7.83. The minimum absolute atomic E-state index is 0.00253. The van der Waals surface area contributed by atoms with Gasteiger partial charge in [0.1, 0.15) is 0 Å². The molecule has 2 N–H and O–H groups in total. The van der Waals surface area contributed by atoms with Crippen molar-refractivity contribution in [3.8, 4) is 0 Å². The Kier molecular flexibility index (Phi) is 3.09. The third-order valence-electron chi connectivity index (χ3n) is 5.92. The second kappa shape index (κ2) is 4.22. The van der Waals surface area contributed by atoms with Crippen LogP contribution in [-0.2, 0) is 9.31 Å². The van der Waals surface area contributed by atoms with E-state index in [9.17, 15) is 0 Å². The highest BCUT2D eigenvalue weighted by molar-refractivity contribution is 6.47. The van der Waals surface area contributed by atoms with Crippen LogP contribution in [0.15, 0.2) is 0 Å². The van der Waals surface area contributed by atoms with Crippen molar-refractivity contribution in [2.45, 2.75) is 71.5 Å². The summed E-state index contributed by atoms with van der Waals surface area (Å²) in [6, 6.07) is 0. The third-order valence-corrected chi connectivity index (χ3v) is 5.92. The molecule has 0 unspecified atom stereocenters. The SMILES string of the molecule is CC(C)C[C@H](N)B1O[C@@H]2[C@@H]3C[C@@H](C[C@]2(C)O1)C3(C)C. The monoisotopic (exact) mass is 265 g/mol. The van der Waals surface area contributed by atoms with Gasteiger partial charge in [-0.1, -0.05) is 27.7 Å². The van der Waals surface area contributed by atoms with Gasteiger partial charge in [-0.05, 0) is 49.4 Å². The first-order valence-corrected chi connectivity index (χ1v) is 7.83. The van der Waals surface area contributed by atoms with Gasteiger partial charge in [-0.3, -0.25) is 0 Å². The molecule has 4 aliphatic rings. The summed E-state index contributed by atoms with van der Waals surface area (Å²) in [6.45, 7) is 11.4. The fraction of sp³-hybridized carbons (Fsp3) is 1.00. The van der Waals surface area contributed by atoms with Crippen LogP contribution in [0.1, 0.15) is 53.9 Å². The Hall–Kier alpha value is -0.0551. The van der Waals surface area contributed by atoms with E-state index >= 15 is 0 Å². The largest absolute Gasteiger partial charge is 0.475 e. The van der Waals surface area contributed by atoms with Crippen LogP contribution in [0.25, 0.3) is 0 Å². The van der Waals surface area contributed by atoms with Gasteiger partial charge in [0.15, 0.2) is 0 Å². The van der Waals surface area contributed by atoms with E-state index in [1.165, 1.54) is 6.42 Å². The number of rotatable bonds is 3. The summed E-state index contributed by atoms with van der Waals surface area (Å²) in [5.74, 6) is 2.03. The van der Waals surface area contributed by atoms with Crippen molar-refractivity contribution in [2.24, 2.45) is 28.9 Å². The summed E-state index contributed by atoms with van der Waals surface area (Å²) in [5, 5.41) is 0. The van der Waals surface area contributed by atoms with Crippen LogP contribution in [0, 0.1) is 23.2 Å². The van der Waals surface area contributed by atoms with Gasteiger partial charge in [-0.15, -0.1) is 0 Å². The zero-order chi connectivity index (χ0) is 14.0. The lowest BCUT2D eigenvalue weighted by molar-refractivity contribution is -0.185. The van der Waals surface area contributed by atoms with Gasteiger partial charge in [0.25, 0.3) is 0 Å². The van der Waals surface area contributed by atoms with Crippen molar-refractivity contribution < 1.29 is 9.31 Å². The second-order valence-corrected chi connectivity index (χ2v) is 8.21. The Morgan fingerprint density at radius 2 is 2.00 bits per heavy atom. The average molecular weight is 265 g/mol. The van der Waals surface area contributed by atoms with Gasteiger partial charge in [-0.25, -0.2) is 0 Å². The average Bonchev–Trinajstić information content (AvgIpc) is 2.64. The Morgan fingerprint density at radius 1 is 1.32 bits per heavy atom. The van der Waals surface area contributed by atoms with Crippen LogP contribution in [0.5, 0.6) is 0 Å². The molecule has 0 aromatic rings. The van der Waals surface area contributed by atoms with Gasteiger partial charge in [0.2, 0.25) is 0 Å². The predicted octanol–water partition coefficient (Wildman–Crippen LogP) is 2.63. The van der Waals surface area contributed by atoms with Crippen LogP contribution in [0.2, 0.25) is 0 Å². The minimum Gasteiger partial charge on any atom is -0.404 e. The summed E-state index contributed by atoms with van der Waals surface area (Å²) >= 11 is 0. The van der Waals surface area contributed by atoms with E-state index in [2.05, 4.69) is 34.6 Å². The fourth-order valence-electron chi connectivity index (χ4n) is 4.58. The molecule has 0 amide bonds. The number of hydrogen-bond acceptors (Lipinski definition) is 3. The lowest BCUT2D eigenvalue weighted by Gasteiger charge is -2.63. The highest BCUT2D eigenvalue weighted by atomic mass is 16.7. The molecule has 0 aromatic heterocycles. The van der Waals surface area contributed by atoms with Crippen molar-refractivity contribution in [3.05, 3.63) is 0 Å². The molecule has 3 nitrogen and oxygen atoms in total. The highest BCUT2D eigenvalue weighted by Gasteiger charge is 2.67. The lowest BCUT2D eigenvalue weighted by atomic mass is 9.45. The molecule has 0 radical (unpaired) electrons. The van der Waals surface area contributed by atoms with Crippen molar-refractivity contribution in [1.82, 2.24) is 0 Å². The molecule has 1 heterocycles. The van der Waals surface area contributed by atoms with E-state index in [0.29, 0.717) is 17.3 Å². The number of hydrogen-bond donors (Lipinski definition) is 1. The maximum absolute atomic E-state index is 6.27. The van der Waals surface area contributed by atoms with Crippen molar-refractivity contribution in [3.63, 3.8) is 0 Å². The van der Waals surface area contributed by atoms with E-state index in [-0.39, 0.29) is 24.8 Å². The molecule has 108 valence electrons. The molecule has 5 atom stereocenters. The smallest absolute Gasteiger partial charge is 0.404 e. The Bertz CT molecular complexity index is 373. The molecular formula is C15H28BNO2. The molecule has 3 aliphatic carbocycles. The number of nitrogens with two attached hydrogens (primary N) is 1. The van der Waals surface area contributed by atoms with Gasteiger partial charge >= 0.3 is 7.12 Å². The molecule has 3 saturated carbocycles.